The van der Waals surface area contributed by atoms with Crippen LogP contribution in [0.5, 0.6) is 0 Å². The van der Waals surface area contributed by atoms with E-state index in [4.69, 9.17) is 4.74 Å². The van der Waals surface area contributed by atoms with Crippen LogP contribution in [-0.2, 0) is 4.74 Å². The SMILES string of the molecule is Cc1ccc(C)n1NC1CCCCC1CNC(=O)OC(C)(C)C. The molecule has 1 aliphatic rings. The molecule has 0 radical (unpaired) electrons. The van der Waals surface area contributed by atoms with E-state index in [2.05, 4.69) is 41.4 Å². The first kappa shape index (κ1) is 17.7. The molecule has 2 N–H and O–H groups in total. The van der Waals surface area contributed by atoms with Crippen LogP contribution in [0.4, 0.5) is 4.79 Å². The van der Waals surface area contributed by atoms with Crippen molar-refractivity contribution >= 4 is 6.09 Å². The number of rotatable bonds is 4. The highest BCUT2D eigenvalue weighted by Crippen LogP contribution is 2.25. The molecule has 5 nitrogen and oxygen atoms in total. The second kappa shape index (κ2) is 7.28. The van der Waals surface area contributed by atoms with Crippen LogP contribution in [0.2, 0.25) is 0 Å². The Balaban J connectivity index is 1.92. The summed E-state index contributed by atoms with van der Waals surface area (Å²) < 4.78 is 7.50. The zero-order valence-corrected chi connectivity index (χ0v) is 15.1. The predicted octanol–water partition coefficient (Wildman–Crippen LogP) is 3.73. The van der Waals surface area contributed by atoms with E-state index in [-0.39, 0.29) is 6.09 Å². The van der Waals surface area contributed by atoms with Crippen LogP contribution >= 0.6 is 0 Å². The average molecular weight is 321 g/mol. The number of amides is 1. The van der Waals surface area contributed by atoms with Crippen LogP contribution in [0.25, 0.3) is 0 Å². The fourth-order valence-corrected chi connectivity index (χ4v) is 3.19. The summed E-state index contributed by atoms with van der Waals surface area (Å²) in [5, 5.41) is 2.94. The number of ether oxygens (including phenoxy) is 1. The molecule has 1 aliphatic carbocycles. The van der Waals surface area contributed by atoms with Crippen LogP contribution in [-0.4, -0.2) is 29.0 Å². The van der Waals surface area contributed by atoms with E-state index in [1.54, 1.807) is 0 Å². The molecule has 1 aromatic heterocycles. The van der Waals surface area contributed by atoms with Crippen molar-refractivity contribution in [3.8, 4) is 0 Å². The largest absolute Gasteiger partial charge is 0.444 e. The van der Waals surface area contributed by atoms with E-state index >= 15 is 0 Å². The van der Waals surface area contributed by atoms with E-state index < -0.39 is 5.60 Å². The molecule has 2 atom stereocenters. The molecular weight excluding hydrogens is 290 g/mol. The number of aromatic nitrogens is 1. The first-order valence-corrected chi connectivity index (χ1v) is 8.64. The van der Waals surface area contributed by atoms with E-state index in [1.165, 1.54) is 24.2 Å². The van der Waals surface area contributed by atoms with Gasteiger partial charge in [-0.3, -0.25) is 4.68 Å². The smallest absolute Gasteiger partial charge is 0.407 e. The van der Waals surface area contributed by atoms with Gasteiger partial charge in [-0.1, -0.05) is 12.8 Å². The van der Waals surface area contributed by atoms with Crippen molar-refractivity contribution < 1.29 is 9.53 Å². The maximum Gasteiger partial charge on any atom is 0.407 e. The Morgan fingerprint density at radius 1 is 1.22 bits per heavy atom. The number of hydrogen-bond acceptors (Lipinski definition) is 3. The Hall–Kier alpha value is -1.65. The molecule has 2 rings (SSSR count). The lowest BCUT2D eigenvalue weighted by molar-refractivity contribution is 0.0513. The molecule has 0 saturated heterocycles. The minimum absolute atomic E-state index is 0.324. The summed E-state index contributed by atoms with van der Waals surface area (Å²) in [5.74, 6) is 0.428. The van der Waals surface area contributed by atoms with E-state index in [0.717, 1.165) is 12.8 Å². The van der Waals surface area contributed by atoms with Crippen LogP contribution in [0.15, 0.2) is 12.1 Å². The highest BCUT2D eigenvalue weighted by Gasteiger charge is 2.27. The van der Waals surface area contributed by atoms with Gasteiger partial charge < -0.3 is 15.5 Å². The number of hydrogen-bond donors (Lipinski definition) is 2. The lowest BCUT2D eigenvalue weighted by Crippen LogP contribution is -2.44. The molecule has 1 amide bonds. The summed E-state index contributed by atoms with van der Waals surface area (Å²) in [5.41, 5.74) is 5.62. The predicted molar refractivity (Wildman–Crippen MR) is 93.2 cm³/mol. The molecule has 130 valence electrons. The van der Waals surface area contributed by atoms with Gasteiger partial charge in [-0.05, 0) is 65.5 Å². The van der Waals surface area contributed by atoms with Crippen molar-refractivity contribution in [3.63, 3.8) is 0 Å². The molecule has 1 aromatic rings. The zero-order chi connectivity index (χ0) is 17.0. The van der Waals surface area contributed by atoms with Gasteiger partial charge in [0, 0.05) is 24.0 Å². The molecule has 0 aliphatic heterocycles. The fraction of sp³-hybridized carbons (Fsp3) is 0.722. The fourth-order valence-electron chi connectivity index (χ4n) is 3.19. The average Bonchev–Trinajstić information content (AvgIpc) is 2.76. The minimum atomic E-state index is -0.451. The summed E-state index contributed by atoms with van der Waals surface area (Å²) in [6.07, 6.45) is 4.41. The highest BCUT2D eigenvalue weighted by molar-refractivity contribution is 5.67. The lowest BCUT2D eigenvalue weighted by Gasteiger charge is -2.34. The number of carbonyl (C=O) groups is 1. The summed E-state index contributed by atoms with van der Waals surface area (Å²) in [4.78, 5) is 11.9. The first-order chi connectivity index (χ1) is 10.8. The summed E-state index contributed by atoms with van der Waals surface area (Å²) in [6.45, 7) is 10.5. The Kier molecular flexibility index (Phi) is 5.60. The second-order valence-corrected chi connectivity index (χ2v) is 7.61. The maximum absolute atomic E-state index is 11.9. The van der Waals surface area contributed by atoms with Crippen molar-refractivity contribution in [3.05, 3.63) is 23.5 Å². The Morgan fingerprint density at radius 3 is 2.43 bits per heavy atom. The summed E-state index contributed by atoms with van der Waals surface area (Å²) in [7, 11) is 0. The standard InChI is InChI=1S/C18H31N3O2/c1-13-10-11-14(2)21(13)20-16-9-7-6-8-15(16)12-19-17(22)23-18(3,4)5/h10-11,15-16,20H,6-9,12H2,1-5H3,(H,19,22). The topological polar surface area (TPSA) is 55.3 Å². The lowest BCUT2D eigenvalue weighted by atomic mass is 9.85. The van der Waals surface area contributed by atoms with Gasteiger partial charge in [-0.25, -0.2) is 4.79 Å². The van der Waals surface area contributed by atoms with Crippen LogP contribution in [0, 0.1) is 19.8 Å². The molecule has 0 bridgehead atoms. The molecule has 1 heterocycles. The van der Waals surface area contributed by atoms with Crippen molar-refractivity contribution in [1.82, 2.24) is 9.99 Å². The highest BCUT2D eigenvalue weighted by atomic mass is 16.6. The molecule has 2 unspecified atom stereocenters. The first-order valence-electron chi connectivity index (χ1n) is 8.64. The van der Waals surface area contributed by atoms with Crippen LogP contribution in [0.1, 0.15) is 57.8 Å². The third-order valence-corrected chi connectivity index (χ3v) is 4.38. The van der Waals surface area contributed by atoms with Gasteiger partial charge in [0.25, 0.3) is 0 Å². The number of aryl methyl sites for hydroxylation is 2. The Labute approximate surface area is 139 Å². The van der Waals surface area contributed by atoms with Gasteiger partial charge in [-0.2, -0.15) is 0 Å². The maximum atomic E-state index is 11.9. The molecule has 0 aromatic carbocycles. The quantitative estimate of drug-likeness (QED) is 0.888. The number of nitrogens with one attached hydrogen (secondary N) is 2. The van der Waals surface area contributed by atoms with Crippen molar-refractivity contribution in [1.29, 1.82) is 0 Å². The van der Waals surface area contributed by atoms with Gasteiger partial charge in [0.05, 0.1) is 0 Å². The zero-order valence-electron chi connectivity index (χ0n) is 15.1. The third kappa shape index (κ3) is 5.19. The van der Waals surface area contributed by atoms with Crippen LogP contribution in [0.3, 0.4) is 0 Å². The molecule has 5 heteroatoms. The molecular formula is C18H31N3O2. The monoisotopic (exact) mass is 321 g/mol. The molecule has 23 heavy (non-hydrogen) atoms. The van der Waals surface area contributed by atoms with Gasteiger partial charge in [-0.15, -0.1) is 0 Å². The van der Waals surface area contributed by atoms with Gasteiger partial charge in [0.1, 0.15) is 5.60 Å². The minimum Gasteiger partial charge on any atom is -0.444 e. The van der Waals surface area contributed by atoms with Crippen molar-refractivity contribution in [2.45, 2.75) is 71.9 Å². The summed E-state index contributed by atoms with van der Waals surface area (Å²) >= 11 is 0. The Bertz CT molecular complexity index is 511. The van der Waals surface area contributed by atoms with Gasteiger partial charge >= 0.3 is 6.09 Å². The Morgan fingerprint density at radius 2 is 1.83 bits per heavy atom. The van der Waals surface area contributed by atoms with E-state index in [0.29, 0.717) is 18.5 Å². The normalized spacial score (nSPS) is 21.8. The van der Waals surface area contributed by atoms with Crippen molar-refractivity contribution in [2.24, 2.45) is 5.92 Å². The third-order valence-electron chi connectivity index (χ3n) is 4.38. The van der Waals surface area contributed by atoms with Gasteiger partial charge in [0.15, 0.2) is 0 Å². The molecule has 1 fully saturated rings. The molecule has 0 spiro atoms. The number of alkyl carbamates (subject to hydrolysis) is 1. The van der Waals surface area contributed by atoms with Crippen LogP contribution < -0.4 is 10.7 Å². The van der Waals surface area contributed by atoms with Gasteiger partial charge in [0.2, 0.25) is 0 Å². The van der Waals surface area contributed by atoms with E-state index in [9.17, 15) is 4.79 Å². The number of carbonyl (C=O) groups excluding carboxylic acids is 1. The number of nitrogens with zero attached hydrogens (tertiary/aromatic N) is 1. The summed E-state index contributed by atoms with van der Waals surface area (Å²) in [6, 6.07) is 4.63. The van der Waals surface area contributed by atoms with E-state index in [1.807, 2.05) is 20.8 Å². The van der Waals surface area contributed by atoms with Crippen molar-refractivity contribution in [2.75, 3.05) is 12.0 Å². The molecule has 1 saturated carbocycles. The second-order valence-electron chi connectivity index (χ2n) is 7.61.